The third kappa shape index (κ3) is 29.3. The summed E-state index contributed by atoms with van der Waals surface area (Å²) in [6.07, 6.45) is -3.10. The summed E-state index contributed by atoms with van der Waals surface area (Å²) < 4.78 is 47.2. The predicted molar refractivity (Wildman–Crippen MR) is 346 cm³/mol. The minimum Gasteiger partial charge on any atom is -0.394 e. The number of amides is 2. The molecular weight excluding hydrogens is 1230 g/mol. The Balaban J connectivity index is 1.39. The molecule has 26 heteroatoms. The van der Waals surface area contributed by atoms with Gasteiger partial charge in [0.05, 0.1) is 44.7 Å². The molecule has 4 heterocycles. The van der Waals surface area contributed by atoms with Crippen molar-refractivity contribution < 1.29 is 119 Å². The van der Waals surface area contributed by atoms with Crippen LogP contribution in [0.3, 0.4) is 0 Å². The topological polar surface area (TPSA) is 415 Å². The second-order valence-electron chi connectivity index (χ2n) is 27.6. The van der Waals surface area contributed by atoms with Gasteiger partial charge in [0.1, 0.15) is 104 Å². The Morgan fingerprint density at radius 3 is 1.35 bits per heavy atom. The van der Waals surface area contributed by atoms with Gasteiger partial charge in [-0.1, -0.05) is 213 Å². The van der Waals surface area contributed by atoms with Crippen LogP contribution >= 0.6 is 0 Å². The number of aliphatic hydroxyl groups excluding tert-OH is 14. The zero-order valence-corrected chi connectivity index (χ0v) is 57.2. The molecule has 4 fully saturated rings. The highest BCUT2D eigenvalue weighted by Gasteiger charge is 2.54. The summed E-state index contributed by atoms with van der Waals surface area (Å²) >= 11 is 0. The van der Waals surface area contributed by atoms with E-state index in [1.54, 1.807) is 0 Å². The van der Waals surface area contributed by atoms with E-state index < -0.39 is 185 Å². The van der Waals surface area contributed by atoms with E-state index in [1.165, 1.54) is 129 Å². The quantitative estimate of drug-likeness (QED) is 0.0389. The van der Waals surface area contributed by atoms with E-state index in [2.05, 4.69) is 31.4 Å². The van der Waals surface area contributed by atoms with Gasteiger partial charge in [0.15, 0.2) is 25.2 Å². The molecule has 0 spiro atoms. The highest BCUT2D eigenvalue weighted by atomic mass is 16.8. The number of unbranched alkanes of at least 4 members (excludes halogenated alkanes) is 27. The first-order valence-electron chi connectivity index (χ1n) is 36.2. The predicted octanol–water partition coefficient (Wildman–Crippen LogP) is 3.17. The Labute approximate surface area is 559 Å². The van der Waals surface area contributed by atoms with Gasteiger partial charge >= 0.3 is 0 Å². The monoisotopic (exact) mass is 1360 g/mol. The molecule has 24 atom stereocenters. The molecule has 0 aliphatic carbocycles. The maximum absolute atomic E-state index is 13.7. The first kappa shape index (κ1) is 84.5. The minimum absolute atomic E-state index is 0.123. The average Bonchev–Trinajstić information content (AvgIpc) is 0.793. The van der Waals surface area contributed by atoms with Crippen molar-refractivity contribution >= 4 is 11.8 Å². The number of ether oxygens (including phenoxy) is 8. The van der Waals surface area contributed by atoms with E-state index in [-0.39, 0.29) is 12.8 Å². The van der Waals surface area contributed by atoms with Gasteiger partial charge in [-0.3, -0.25) is 9.59 Å². The Morgan fingerprint density at radius 2 is 0.862 bits per heavy atom. The summed E-state index contributed by atoms with van der Waals surface area (Å²) in [6, 6.07) is -2.93. The number of hydrogen-bond acceptors (Lipinski definition) is 24. The van der Waals surface area contributed by atoms with Crippen LogP contribution in [0.1, 0.15) is 240 Å². The summed E-state index contributed by atoms with van der Waals surface area (Å²) in [4.78, 5) is 26.3. The van der Waals surface area contributed by atoms with Gasteiger partial charge in [0, 0.05) is 6.92 Å². The first-order chi connectivity index (χ1) is 45.1. The van der Waals surface area contributed by atoms with E-state index in [1.807, 2.05) is 0 Å². The molecular formula is C68H128N2O24. The number of hydrogen-bond donors (Lipinski definition) is 16. The summed E-state index contributed by atoms with van der Waals surface area (Å²) in [7, 11) is 0. The molecule has 4 saturated heterocycles. The summed E-state index contributed by atoms with van der Waals surface area (Å²) in [5.41, 5.74) is 0. The van der Waals surface area contributed by atoms with Gasteiger partial charge in [-0.25, -0.2) is 0 Å². The van der Waals surface area contributed by atoms with E-state index in [9.17, 15) is 81.1 Å². The van der Waals surface area contributed by atoms with E-state index in [0.29, 0.717) is 18.8 Å². The maximum Gasteiger partial charge on any atom is 0.249 e. The molecule has 4 rings (SSSR count). The van der Waals surface area contributed by atoms with Crippen molar-refractivity contribution in [1.82, 2.24) is 10.6 Å². The van der Waals surface area contributed by atoms with E-state index >= 15 is 0 Å². The second kappa shape index (κ2) is 47.2. The fourth-order valence-electron chi connectivity index (χ4n) is 12.9. The van der Waals surface area contributed by atoms with Crippen molar-refractivity contribution in [3.8, 4) is 0 Å². The molecule has 0 aromatic carbocycles. The lowest BCUT2D eigenvalue weighted by molar-refractivity contribution is -0.373. The number of aliphatic hydroxyl groups is 14. The van der Waals surface area contributed by atoms with E-state index in [4.69, 9.17) is 37.9 Å². The zero-order chi connectivity index (χ0) is 69.1. The number of rotatable bonds is 50. The van der Waals surface area contributed by atoms with Crippen molar-refractivity contribution in [2.24, 2.45) is 5.92 Å². The summed E-state index contributed by atoms with van der Waals surface area (Å²) in [5, 5.41) is 159. The summed E-state index contributed by atoms with van der Waals surface area (Å²) in [6.45, 7) is 6.04. The SMILES string of the molecule is CCCCCCCCCCCCCCCCCCCCCCC(O)C(=O)NC(COC1OC(CO)C(O)C(O)C1OC1OC(COC2OC(CO)C(O)C(OC3OC(C)C(O)C(O)C3O)C2NC(C)=O)C(O)C(O)C1O)C(O)C(O)CCCCCCCCCCCC(C)C. The van der Waals surface area contributed by atoms with Crippen LogP contribution < -0.4 is 10.6 Å². The molecule has 4 aliphatic heterocycles. The lowest BCUT2D eigenvalue weighted by atomic mass is 9.95. The number of nitrogens with one attached hydrogen (secondary N) is 2. The number of carbonyl (C=O) groups is 2. The van der Waals surface area contributed by atoms with Crippen molar-refractivity contribution in [3.63, 3.8) is 0 Å². The highest BCUT2D eigenvalue weighted by molar-refractivity contribution is 5.80. The van der Waals surface area contributed by atoms with Gasteiger partial charge in [0.2, 0.25) is 11.8 Å². The molecule has 0 radical (unpaired) electrons. The first-order valence-corrected chi connectivity index (χ1v) is 36.2. The van der Waals surface area contributed by atoms with Crippen LogP contribution in [-0.4, -0.2) is 257 Å². The van der Waals surface area contributed by atoms with Crippen molar-refractivity contribution in [2.45, 2.75) is 387 Å². The van der Waals surface area contributed by atoms with Crippen molar-refractivity contribution in [2.75, 3.05) is 26.4 Å². The average molecular weight is 1360 g/mol. The lowest BCUT2D eigenvalue weighted by Gasteiger charge is -2.48. The molecule has 0 aromatic heterocycles. The fraction of sp³-hybridized carbons (Fsp3) is 0.971. The standard InChI is InChI=1S/C68H128N2O24/c1-6-7-8-9-10-11-12-13-14-15-16-17-18-19-20-21-24-28-31-34-37-47(75)64(86)70-45(53(77)46(74)36-33-30-27-25-22-23-26-29-32-35-42(2)3)40-87-68-63(59(83)54(78)48(38-71)91-68)94-67-61(85)58(82)55(79)50(92-67)41-88-65-51(69-44(5)73)62(56(80)49(39-72)90-65)93-66-60(84)57(81)52(76)43(4)89-66/h42-43,45-63,65-68,71-72,74-85H,6-41H2,1-5H3,(H,69,73)(H,70,86). The molecule has 94 heavy (non-hydrogen) atoms. The third-order valence-electron chi connectivity index (χ3n) is 19.0. The van der Waals surface area contributed by atoms with Crippen LogP contribution in [0.5, 0.6) is 0 Å². The smallest absolute Gasteiger partial charge is 0.249 e. The van der Waals surface area contributed by atoms with Crippen LogP contribution in [0.2, 0.25) is 0 Å². The minimum atomic E-state index is -2.10. The molecule has 24 unspecified atom stereocenters. The van der Waals surface area contributed by atoms with Crippen molar-refractivity contribution in [3.05, 3.63) is 0 Å². The largest absolute Gasteiger partial charge is 0.394 e. The molecule has 16 N–H and O–H groups in total. The Bertz CT molecular complexity index is 1960. The normalized spacial score (nSPS) is 32.9. The highest BCUT2D eigenvalue weighted by Crippen LogP contribution is 2.34. The van der Waals surface area contributed by atoms with Gasteiger partial charge in [0.25, 0.3) is 0 Å². The van der Waals surface area contributed by atoms with E-state index in [0.717, 1.165) is 64.7 Å². The molecule has 0 aromatic rings. The number of carbonyl (C=O) groups excluding carboxylic acids is 2. The molecule has 4 aliphatic rings. The van der Waals surface area contributed by atoms with Crippen LogP contribution in [0, 0.1) is 5.92 Å². The molecule has 2 amide bonds. The van der Waals surface area contributed by atoms with Crippen LogP contribution in [-0.2, 0) is 47.5 Å². The third-order valence-corrected chi connectivity index (χ3v) is 19.0. The van der Waals surface area contributed by atoms with Crippen molar-refractivity contribution in [1.29, 1.82) is 0 Å². The lowest BCUT2D eigenvalue weighted by Crippen LogP contribution is -2.68. The van der Waals surface area contributed by atoms with Gasteiger partial charge < -0.3 is 120 Å². The Hall–Kier alpha value is -1.94. The molecule has 26 nitrogen and oxygen atoms in total. The Morgan fingerprint density at radius 1 is 0.447 bits per heavy atom. The molecule has 0 bridgehead atoms. The summed E-state index contributed by atoms with van der Waals surface area (Å²) in [5.74, 6) is -0.857. The Kier molecular flexibility index (Phi) is 42.4. The van der Waals surface area contributed by atoms with Gasteiger partial charge in [-0.05, 0) is 25.7 Å². The fourth-order valence-corrected chi connectivity index (χ4v) is 12.9. The second-order valence-corrected chi connectivity index (χ2v) is 27.6. The van der Waals surface area contributed by atoms with Gasteiger partial charge in [-0.15, -0.1) is 0 Å². The zero-order valence-electron chi connectivity index (χ0n) is 57.2. The molecule has 0 saturated carbocycles. The molecule has 554 valence electrons. The van der Waals surface area contributed by atoms with Gasteiger partial charge in [-0.2, -0.15) is 0 Å². The maximum atomic E-state index is 13.7. The van der Waals surface area contributed by atoms with Crippen LogP contribution in [0.15, 0.2) is 0 Å². The van der Waals surface area contributed by atoms with Crippen LogP contribution in [0.4, 0.5) is 0 Å². The van der Waals surface area contributed by atoms with Crippen LogP contribution in [0.25, 0.3) is 0 Å².